The molecule has 1 aliphatic carbocycles. The fourth-order valence-corrected chi connectivity index (χ4v) is 5.19. The summed E-state index contributed by atoms with van der Waals surface area (Å²) in [5.74, 6) is 0.506. The molecule has 0 bridgehead atoms. The summed E-state index contributed by atoms with van der Waals surface area (Å²) >= 11 is 1.49. The second-order valence-electron chi connectivity index (χ2n) is 7.14. The zero-order chi connectivity index (χ0) is 20.3. The summed E-state index contributed by atoms with van der Waals surface area (Å²) in [6.07, 6.45) is 1.71. The molecule has 4 nitrogen and oxygen atoms in total. The number of carbonyl (C=O) groups excluding carboxylic acids is 2. The smallest absolute Gasteiger partial charge is 0.198 e. The Morgan fingerprint density at radius 3 is 2.45 bits per heavy atom. The number of benzene rings is 2. The van der Waals surface area contributed by atoms with Crippen molar-refractivity contribution in [2.75, 3.05) is 0 Å². The molecule has 5 rings (SSSR count). The van der Waals surface area contributed by atoms with Gasteiger partial charge in [-0.2, -0.15) is 0 Å². The maximum absolute atomic E-state index is 12.9. The van der Waals surface area contributed by atoms with E-state index >= 15 is 0 Å². The highest BCUT2D eigenvalue weighted by molar-refractivity contribution is 7.27. The van der Waals surface area contributed by atoms with Crippen molar-refractivity contribution in [1.29, 1.82) is 0 Å². The van der Waals surface area contributed by atoms with Gasteiger partial charge >= 0.3 is 0 Å². The first-order chi connectivity index (χ1) is 14.0. The van der Waals surface area contributed by atoms with Crippen molar-refractivity contribution in [3.63, 3.8) is 0 Å². The SMILES string of the molecule is Cc1ccc(P)c2c1C(=O)/C(=C/c1cc3c(nc(-c4ccccc4)n3C)s1)C2=O. The Bertz CT molecular complexity index is 1320. The normalized spacial score (nSPS) is 14.9. The van der Waals surface area contributed by atoms with E-state index < -0.39 is 0 Å². The number of hydrogen-bond donors (Lipinski definition) is 0. The third kappa shape index (κ3) is 2.73. The van der Waals surface area contributed by atoms with Gasteiger partial charge < -0.3 is 4.57 Å². The van der Waals surface area contributed by atoms with Crippen molar-refractivity contribution >= 4 is 53.9 Å². The molecule has 29 heavy (non-hydrogen) atoms. The van der Waals surface area contributed by atoms with Crippen LogP contribution >= 0.6 is 20.6 Å². The van der Waals surface area contributed by atoms with Crippen LogP contribution in [0.25, 0.3) is 27.8 Å². The molecule has 0 saturated carbocycles. The van der Waals surface area contributed by atoms with Gasteiger partial charge in [-0.1, -0.05) is 42.5 Å². The number of aromatic nitrogens is 2. The highest BCUT2D eigenvalue weighted by Crippen LogP contribution is 2.34. The Labute approximate surface area is 174 Å². The molecule has 2 aromatic heterocycles. The molecule has 1 unspecified atom stereocenters. The molecule has 0 saturated heterocycles. The van der Waals surface area contributed by atoms with Gasteiger partial charge in [0.05, 0.1) is 11.1 Å². The van der Waals surface area contributed by atoms with Crippen molar-refractivity contribution < 1.29 is 9.59 Å². The lowest BCUT2D eigenvalue weighted by Crippen LogP contribution is -2.07. The third-order valence-corrected chi connectivity index (χ3v) is 6.75. The quantitative estimate of drug-likeness (QED) is 0.273. The van der Waals surface area contributed by atoms with Crippen LogP contribution < -0.4 is 5.30 Å². The van der Waals surface area contributed by atoms with E-state index in [4.69, 9.17) is 4.98 Å². The summed E-state index contributed by atoms with van der Waals surface area (Å²) in [5, 5.41) is 0.762. The van der Waals surface area contributed by atoms with E-state index in [1.165, 1.54) is 11.3 Å². The van der Waals surface area contributed by atoms with Crippen LogP contribution in [0.5, 0.6) is 0 Å². The molecule has 1 atom stereocenters. The van der Waals surface area contributed by atoms with Gasteiger partial charge in [0.15, 0.2) is 11.6 Å². The van der Waals surface area contributed by atoms with Crippen LogP contribution in [0.15, 0.2) is 54.1 Å². The lowest BCUT2D eigenvalue weighted by molar-refractivity contribution is 0.0991. The first-order valence-electron chi connectivity index (χ1n) is 9.17. The number of allylic oxidation sites excluding steroid dienone is 1. The maximum Gasteiger partial charge on any atom is 0.198 e. The molecular weight excluding hydrogens is 399 g/mol. The van der Waals surface area contributed by atoms with E-state index in [1.54, 1.807) is 6.08 Å². The molecule has 0 radical (unpaired) electrons. The van der Waals surface area contributed by atoms with Crippen LogP contribution in [0.2, 0.25) is 0 Å². The largest absolute Gasteiger partial charge is 0.326 e. The van der Waals surface area contributed by atoms with Crippen molar-refractivity contribution in [3.8, 4) is 11.4 Å². The van der Waals surface area contributed by atoms with Crippen molar-refractivity contribution in [2.45, 2.75) is 6.92 Å². The highest BCUT2D eigenvalue weighted by atomic mass is 32.1. The van der Waals surface area contributed by atoms with E-state index in [-0.39, 0.29) is 17.1 Å². The fourth-order valence-electron chi connectivity index (χ4n) is 3.82. The number of carbonyl (C=O) groups is 2. The molecule has 2 aromatic carbocycles. The Balaban J connectivity index is 1.58. The summed E-state index contributed by atoms with van der Waals surface area (Å²) in [6, 6.07) is 15.8. The van der Waals surface area contributed by atoms with Gasteiger partial charge in [0.1, 0.15) is 10.7 Å². The number of Topliss-reactive ketones (excluding diaryl/α,β-unsaturated/α-hetero) is 2. The van der Waals surface area contributed by atoms with Gasteiger partial charge in [-0.05, 0) is 29.9 Å². The lowest BCUT2D eigenvalue weighted by Gasteiger charge is -2.03. The average Bonchev–Trinajstić information content (AvgIpc) is 3.33. The van der Waals surface area contributed by atoms with Gasteiger partial charge in [0, 0.05) is 28.6 Å². The number of fused-ring (bicyclic) bond motifs is 2. The number of rotatable bonds is 2. The molecule has 1 aliphatic rings. The fraction of sp³-hybridized carbons (Fsp3) is 0.0870. The highest BCUT2D eigenvalue weighted by Gasteiger charge is 2.35. The molecule has 4 aromatic rings. The summed E-state index contributed by atoms with van der Waals surface area (Å²) in [4.78, 5) is 32.4. The van der Waals surface area contributed by atoms with Crippen LogP contribution in [0.1, 0.15) is 31.2 Å². The van der Waals surface area contributed by atoms with Crippen LogP contribution in [-0.2, 0) is 7.05 Å². The van der Waals surface area contributed by atoms with Crippen molar-refractivity contribution in [1.82, 2.24) is 9.55 Å². The number of hydrogen-bond acceptors (Lipinski definition) is 4. The van der Waals surface area contributed by atoms with Crippen LogP contribution in [0.3, 0.4) is 0 Å². The van der Waals surface area contributed by atoms with Crippen molar-refractivity contribution in [2.24, 2.45) is 7.05 Å². The Morgan fingerprint density at radius 2 is 1.76 bits per heavy atom. The lowest BCUT2D eigenvalue weighted by atomic mass is 10.0. The number of aryl methyl sites for hydroxylation is 2. The Hall–Kier alpha value is -2.88. The molecule has 142 valence electrons. The summed E-state index contributed by atoms with van der Waals surface area (Å²) in [6.45, 7) is 1.87. The number of nitrogens with zero attached hydrogens (tertiary/aromatic N) is 2. The number of thiophene rings is 1. The Kier molecular flexibility index (Phi) is 4.12. The van der Waals surface area contributed by atoms with E-state index in [9.17, 15) is 9.59 Å². The van der Waals surface area contributed by atoms with Gasteiger partial charge in [-0.25, -0.2) is 4.98 Å². The molecule has 0 amide bonds. The summed E-state index contributed by atoms with van der Waals surface area (Å²) in [7, 11) is 4.54. The standard InChI is InChI=1S/C23H17N2O2PS/c1-12-8-9-17(28)19-18(12)20(26)15(21(19)27)10-14-11-16-23(29-14)24-22(25(16)2)13-6-4-3-5-7-13/h3-11H,28H2,1-2H3/b15-10-. The molecule has 6 heteroatoms. The molecule has 0 spiro atoms. The van der Waals surface area contributed by atoms with Crippen molar-refractivity contribution in [3.05, 3.63) is 75.7 Å². The van der Waals surface area contributed by atoms with E-state index in [1.807, 2.05) is 67.1 Å². The minimum atomic E-state index is -0.200. The predicted octanol–water partition coefficient (Wildman–Crippen LogP) is 4.57. The average molecular weight is 416 g/mol. The number of ketones is 2. The van der Waals surface area contributed by atoms with Gasteiger partial charge in [-0.3, -0.25) is 9.59 Å². The topological polar surface area (TPSA) is 52.0 Å². The predicted molar refractivity (Wildman–Crippen MR) is 121 cm³/mol. The maximum atomic E-state index is 12.9. The number of imidazole rings is 1. The molecular formula is C23H17N2O2PS. The molecule has 0 aliphatic heterocycles. The van der Waals surface area contributed by atoms with E-state index in [0.717, 1.165) is 37.5 Å². The monoisotopic (exact) mass is 416 g/mol. The molecule has 0 N–H and O–H groups in total. The third-order valence-electron chi connectivity index (χ3n) is 5.31. The minimum Gasteiger partial charge on any atom is -0.326 e. The summed E-state index contributed by atoms with van der Waals surface area (Å²) < 4.78 is 2.04. The van der Waals surface area contributed by atoms with Gasteiger partial charge in [0.25, 0.3) is 0 Å². The minimum absolute atomic E-state index is 0.192. The second-order valence-corrected chi connectivity index (χ2v) is 8.82. The van der Waals surface area contributed by atoms with Gasteiger partial charge in [0.2, 0.25) is 0 Å². The van der Waals surface area contributed by atoms with Crippen LogP contribution in [0, 0.1) is 6.92 Å². The first-order valence-corrected chi connectivity index (χ1v) is 10.6. The van der Waals surface area contributed by atoms with Gasteiger partial charge in [-0.15, -0.1) is 20.6 Å². The zero-order valence-corrected chi connectivity index (χ0v) is 17.9. The zero-order valence-electron chi connectivity index (χ0n) is 15.9. The van der Waals surface area contributed by atoms with E-state index in [2.05, 4.69) is 9.24 Å². The first kappa shape index (κ1) is 18.2. The Morgan fingerprint density at radius 1 is 1.03 bits per heavy atom. The molecule has 2 heterocycles. The molecule has 0 fully saturated rings. The summed E-state index contributed by atoms with van der Waals surface area (Å²) in [5.41, 5.74) is 4.14. The van der Waals surface area contributed by atoms with Crippen LogP contribution in [-0.4, -0.2) is 21.1 Å². The van der Waals surface area contributed by atoms with E-state index in [0.29, 0.717) is 11.1 Å². The second kappa shape index (κ2) is 6.58. The van der Waals surface area contributed by atoms with Crippen LogP contribution in [0.4, 0.5) is 0 Å².